The quantitative estimate of drug-likeness (QED) is 0.793. The molecule has 1 N–H and O–H groups in total. The van der Waals surface area contributed by atoms with E-state index in [0.717, 1.165) is 16.0 Å². The lowest BCUT2D eigenvalue weighted by Crippen LogP contribution is -2.28. The topological polar surface area (TPSA) is 41.1 Å². The Bertz CT molecular complexity index is 312. The van der Waals surface area contributed by atoms with Gasteiger partial charge < -0.3 is 10.2 Å². The highest BCUT2D eigenvalue weighted by atomic mass is 32.2. The van der Waals surface area contributed by atoms with E-state index in [2.05, 4.69) is 36.3 Å². The Kier molecular flexibility index (Phi) is 5.51. The second-order valence-electron chi connectivity index (χ2n) is 4.24. The molecule has 0 radical (unpaired) electrons. The first-order chi connectivity index (χ1) is 7.49. The maximum absolute atomic E-state index is 4.17. The number of hydrogen-bond donors (Lipinski definition) is 1. The van der Waals surface area contributed by atoms with Crippen molar-refractivity contribution in [2.24, 2.45) is 0 Å². The van der Waals surface area contributed by atoms with Crippen LogP contribution in [0.4, 0.5) is 5.13 Å². The summed E-state index contributed by atoms with van der Waals surface area (Å²) in [6.45, 7) is 7.52. The highest BCUT2D eigenvalue weighted by molar-refractivity contribution is 8.01. The zero-order valence-electron chi connectivity index (χ0n) is 10.5. The van der Waals surface area contributed by atoms with Crippen LogP contribution >= 0.6 is 23.1 Å². The second kappa shape index (κ2) is 6.42. The molecule has 0 saturated carbocycles. The Morgan fingerprint density at radius 1 is 1.31 bits per heavy atom. The van der Waals surface area contributed by atoms with Crippen molar-refractivity contribution >= 4 is 28.2 Å². The number of thioether (sulfide) groups is 1. The summed E-state index contributed by atoms with van der Waals surface area (Å²) in [5.41, 5.74) is 0. The van der Waals surface area contributed by atoms with E-state index < -0.39 is 0 Å². The van der Waals surface area contributed by atoms with Crippen molar-refractivity contribution in [3.05, 3.63) is 0 Å². The molecule has 0 saturated heterocycles. The van der Waals surface area contributed by atoms with Crippen LogP contribution in [0.25, 0.3) is 0 Å². The molecule has 0 amide bonds. The summed E-state index contributed by atoms with van der Waals surface area (Å²) >= 11 is 3.42. The summed E-state index contributed by atoms with van der Waals surface area (Å²) < 4.78 is 1.04. The van der Waals surface area contributed by atoms with Gasteiger partial charge in [-0.2, -0.15) is 0 Å². The van der Waals surface area contributed by atoms with E-state index in [1.807, 2.05) is 19.0 Å². The molecule has 16 heavy (non-hydrogen) atoms. The monoisotopic (exact) mass is 260 g/mol. The van der Waals surface area contributed by atoms with Crippen LogP contribution < -0.4 is 10.2 Å². The Balaban J connectivity index is 2.40. The average molecular weight is 260 g/mol. The number of nitrogens with one attached hydrogen (secondary N) is 1. The third-order valence-electron chi connectivity index (χ3n) is 1.89. The minimum Gasteiger partial charge on any atom is -0.353 e. The SMILES string of the molecule is CC(C)NCC(C)Sc1nnc(N(C)C)s1. The highest BCUT2D eigenvalue weighted by Crippen LogP contribution is 2.29. The summed E-state index contributed by atoms with van der Waals surface area (Å²) in [6.07, 6.45) is 0. The molecule has 1 heterocycles. The molecular weight excluding hydrogens is 240 g/mol. The molecule has 0 aromatic carbocycles. The fourth-order valence-corrected chi connectivity index (χ4v) is 3.07. The van der Waals surface area contributed by atoms with E-state index >= 15 is 0 Å². The van der Waals surface area contributed by atoms with E-state index in [1.54, 1.807) is 23.1 Å². The highest BCUT2D eigenvalue weighted by Gasteiger charge is 2.10. The molecule has 0 spiro atoms. The molecule has 1 rings (SSSR count). The normalized spacial score (nSPS) is 13.1. The lowest BCUT2D eigenvalue weighted by Gasteiger charge is -2.12. The van der Waals surface area contributed by atoms with Crippen LogP contribution in [0.1, 0.15) is 20.8 Å². The summed E-state index contributed by atoms with van der Waals surface area (Å²) in [5.74, 6) is 0. The minimum atomic E-state index is 0.519. The largest absolute Gasteiger partial charge is 0.353 e. The first-order valence-electron chi connectivity index (χ1n) is 5.40. The van der Waals surface area contributed by atoms with Crippen molar-refractivity contribution < 1.29 is 0 Å². The van der Waals surface area contributed by atoms with Gasteiger partial charge in [0.05, 0.1) is 0 Å². The Labute approximate surface area is 106 Å². The third-order valence-corrected chi connectivity index (χ3v) is 4.17. The van der Waals surface area contributed by atoms with E-state index in [0.29, 0.717) is 11.3 Å². The molecule has 4 nitrogen and oxygen atoms in total. The fourth-order valence-electron chi connectivity index (χ4n) is 1.05. The van der Waals surface area contributed by atoms with Crippen LogP contribution in [0, 0.1) is 0 Å². The van der Waals surface area contributed by atoms with Gasteiger partial charge in [0, 0.05) is 31.9 Å². The Hall–Kier alpha value is -0.330. The predicted molar refractivity (Wildman–Crippen MR) is 72.7 cm³/mol. The minimum absolute atomic E-state index is 0.519. The molecular formula is C10H20N4S2. The van der Waals surface area contributed by atoms with Gasteiger partial charge in [-0.05, 0) is 0 Å². The lowest BCUT2D eigenvalue weighted by atomic mass is 10.3. The summed E-state index contributed by atoms with van der Waals surface area (Å²) in [7, 11) is 3.97. The molecule has 6 heteroatoms. The van der Waals surface area contributed by atoms with Gasteiger partial charge in [0.1, 0.15) is 0 Å². The standard InChI is InChI=1S/C10H20N4S2/c1-7(2)11-6-8(3)15-10-13-12-9(16-10)14(4)5/h7-8,11H,6H2,1-5H3. The zero-order chi connectivity index (χ0) is 12.1. The molecule has 92 valence electrons. The van der Waals surface area contributed by atoms with E-state index in [-0.39, 0.29) is 0 Å². The van der Waals surface area contributed by atoms with E-state index in [9.17, 15) is 0 Å². The maximum atomic E-state index is 4.17. The van der Waals surface area contributed by atoms with Gasteiger partial charge >= 0.3 is 0 Å². The van der Waals surface area contributed by atoms with Crippen LogP contribution in [0.15, 0.2) is 4.34 Å². The van der Waals surface area contributed by atoms with Crippen LogP contribution in [0.5, 0.6) is 0 Å². The number of rotatable bonds is 6. The van der Waals surface area contributed by atoms with Gasteiger partial charge in [-0.25, -0.2) is 0 Å². The molecule has 1 atom stereocenters. The first-order valence-corrected chi connectivity index (χ1v) is 7.09. The molecule has 1 unspecified atom stereocenters. The molecule has 0 bridgehead atoms. The second-order valence-corrected chi connectivity index (χ2v) is 6.88. The predicted octanol–water partition coefficient (Wildman–Crippen LogP) is 2.08. The fraction of sp³-hybridized carbons (Fsp3) is 0.800. The number of anilines is 1. The van der Waals surface area contributed by atoms with Crippen molar-refractivity contribution in [2.75, 3.05) is 25.5 Å². The zero-order valence-corrected chi connectivity index (χ0v) is 12.2. The van der Waals surface area contributed by atoms with Crippen LogP contribution in [-0.2, 0) is 0 Å². The molecule has 0 aliphatic heterocycles. The molecule has 0 aliphatic rings. The van der Waals surface area contributed by atoms with Gasteiger partial charge in [0.15, 0.2) is 4.34 Å². The van der Waals surface area contributed by atoms with Crippen molar-refractivity contribution in [1.29, 1.82) is 0 Å². The van der Waals surface area contributed by atoms with Gasteiger partial charge in [0.2, 0.25) is 5.13 Å². The number of nitrogens with zero attached hydrogens (tertiary/aromatic N) is 3. The van der Waals surface area contributed by atoms with Crippen molar-refractivity contribution in [1.82, 2.24) is 15.5 Å². The van der Waals surface area contributed by atoms with Gasteiger partial charge in [-0.15, -0.1) is 10.2 Å². The summed E-state index contributed by atoms with van der Waals surface area (Å²) in [4.78, 5) is 1.98. The van der Waals surface area contributed by atoms with Gasteiger partial charge in [-0.3, -0.25) is 0 Å². The molecule has 1 aromatic heterocycles. The first kappa shape index (κ1) is 13.7. The van der Waals surface area contributed by atoms with Gasteiger partial charge in [-0.1, -0.05) is 43.9 Å². The van der Waals surface area contributed by atoms with Crippen LogP contribution in [0.3, 0.4) is 0 Å². The Morgan fingerprint density at radius 2 is 2.00 bits per heavy atom. The Morgan fingerprint density at radius 3 is 2.50 bits per heavy atom. The molecule has 1 aromatic rings. The van der Waals surface area contributed by atoms with Crippen LogP contribution in [0.2, 0.25) is 0 Å². The average Bonchev–Trinajstić information content (AvgIpc) is 2.63. The summed E-state index contributed by atoms with van der Waals surface area (Å²) in [5, 5.41) is 13.2. The molecule has 0 fully saturated rings. The lowest BCUT2D eigenvalue weighted by molar-refractivity contribution is 0.589. The summed E-state index contributed by atoms with van der Waals surface area (Å²) in [6, 6.07) is 0.537. The maximum Gasteiger partial charge on any atom is 0.208 e. The smallest absolute Gasteiger partial charge is 0.208 e. The van der Waals surface area contributed by atoms with E-state index in [1.165, 1.54) is 0 Å². The molecule has 0 aliphatic carbocycles. The van der Waals surface area contributed by atoms with Crippen molar-refractivity contribution in [2.45, 2.75) is 36.4 Å². The third kappa shape index (κ3) is 4.67. The number of aromatic nitrogens is 2. The van der Waals surface area contributed by atoms with Crippen LogP contribution in [-0.4, -0.2) is 42.1 Å². The van der Waals surface area contributed by atoms with Crippen molar-refractivity contribution in [3.63, 3.8) is 0 Å². The van der Waals surface area contributed by atoms with E-state index in [4.69, 9.17) is 0 Å². The van der Waals surface area contributed by atoms with Gasteiger partial charge in [0.25, 0.3) is 0 Å². The number of hydrogen-bond acceptors (Lipinski definition) is 6. The van der Waals surface area contributed by atoms with Crippen molar-refractivity contribution in [3.8, 4) is 0 Å².